The van der Waals surface area contributed by atoms with E-state index in [1.165, 1.54) is 0 Å². The first-order valence-electron chi connectivity index (χ1n) is 7.45. The quantitative estimate of drug-likeness (QED) is 0.699. The average Bonchev–Trinajstić information content (AvgIpc) is 2.52. The lowest BCUT2D eigenvalue weighted by Crippen LogP contribution is -2.07. The van der Waals surface area contributed by atoms with Gasteiger partial charge in [0, 0.05) is 25.0 Å². The lowest BCUT2D eigenvalue weighted by Gasteiger charge is -2.16. The predicted molar refractivity (Wildman–Crippen MR) is 88.2 cm³/mol. The first-order valence-corrected chi connectivity index (χ1v) is 7.45. The molecule has 22 heavy (non-hydrogen) atoms. The first-order chi connectivity index (χ1) is 10.7. The smallest absolute Gasteiger partial charge is 0.130 e. The molecule has 0 amide bonds. The van der Waals surface area contributed by atoms with E-state index in [1.807, 2.05) is 13.8 Å². The maximum Gasteiger partial charge on any atom is 0.130 e. The highest BCUT2D eigenvalue weighted by molar-refractivity contribution is 5.95. The molecular formula is C18H24O4. The summed E-state index contributed by atoms with van der Waals surface area (Å²) in [5.41, 5.74) is 2.21. The monoisotopic (exact) mass is 304 g/mol. The Hall–Kier alpha value is -1.78. The fourth-order valence-electron chi connectivity index (χ4n) is 2.41. The van der Waals surface area contributed by atoms with Gasteiger partial charge in [0.25, 0.3) is 0 Å². The minimum atomic E-state index is 0.532. The molecule has 0 saturated carbocycles. The highest BCUT2D eigenvalue weighted by Gasteiger charge is 2.12. The van der Waals surface area contributed by atoms with Crippen LogP contribution in [0.3, 0.4) is 0 Å². The average molecular weight is 304 g/mol. The Balaban J connectivity index is 2.39. The summed E-state index contributed by atoms with van der Waals surface area (Å²) in [7, 11) is 3.34. The summed E-state index contributed by atoms with van der Waals surface area (Å²) in [5, 5.41) is 2.13. The molecule has 0 bridgehead atoms. The molecule has 0 saturated heterocycles. The van der Waals surface area contributed by atoms with Crippen LogP contribution in [0, 0.1) is 13.8 Å². The van der Waals surface area contributed by atoms with Crippen LogP contribution in [-0.2, 0) is 9.47 Å². The second kappa shape index (κ2) is 8.01. The summed E-state index contributed by atoms with van der Waals surface area (Å²) < 4.78 is 21.9. The minimum absolute atomic E-state index is 0.532. The summed E-state index contributed by atoms with van der Waals surface area (Å²) in [6, 6.07) is 8.30. The third-order valence-corrected chi connectivity index (χ3v) is 3.56. The molecule has 0 aliphatic heterocycles. The van der Waals surface area contributed by atoms with Gasteiger partial charge in [-0.1, -0.05) is 24.3 Å². The topological polar surface area (TPSA) is 36.9 Å². The third-order valence-electron chi connectivity index (χ3n) is 3.56. The molecule has 2 rings (SSSR count). The van der Waals surface area contributed by atoms with Crippen molar-refractivity contribution in [2.24, 2.45) is 0 Å². The fraction of sp³-hybridized carbons (Fsp3) is 0.444. The molecule has 0 fully saturated rings. The van der Waals surface area contributed by atoms with Crippen molar-refractivity contribution in [3.8, 4) is 11.5 Å². The van der Waals surface area contributed by atoms with E-state index in [0.29, 0.717) is 26.4 Å². The molecule has 0 spiro atoms. The number of methoxy groups -OCH3 is 2. The van der Waals surface area contributed by atoms with Crippen molar-refractivity contribution in [1.29, 1.82) is 0 Å². The molecule has 0 aliphatic rings. The summed E-state index contributed by atoms with van der Waals surface area (Å²) in [6.07, 6.45) is 0. The molecule has 0 atom stereocenters. The molecular weight excluding hydrogens is 280 g/mol. The van der Waals surface area contributed by atoms with Crippen molar-refractivity contribution >= 4 is 10.8 Å². The van der Waals surface area contributed by atoms with Crippen LogP contribution < -0.4 is 9.47 Å². The van der Waals surface area contributed by atoms with Gasteiger partial charge >= 0.3 is 0 Å². The van der Waals surface area contributed by atoms with Gasteiger partial charge in [-0.3, -0.25) is 0 Å². The number of fused-ring (bicyclic) bond motifs is 1. The summed E-state index contributed by atoms with van der Waals surface area (Å²) in [4.78, 5) is 0. The molecule has 2 aromatic carbocycles. The van der Waals surface area contributed by atoms with E-state index in [0.717, 1.165) is 33.4 Å². The number of hydrogen-bond donors (Lipinski definition) is 0. The van der Waals surface area contributed by atoms with Gasteiger partial charge in [0.15, 0.2) is 0 Å². The molecule has 120 valence electrons. The Labute approximate surface area is 131 Å². The predicted octanol–water partition coefficient (Wildman–Crippen LogP) is 3.51. The minimum Gasteiger partial charge on any atom is -0.490 e. The first kappa shape index (κ1) is 16.6. The summed E-state index contributed by atoms with van der Waals surface area (Å²) in [5.74, 6) is 1.79. The van der Waals surface area contributed by atoms with Crippen LogP contribution in [0.5, 0.6) is 11.5 Å². The second-order valence-electron chi connectivity index (χ2n) is 5.20. The van der Waals surface area contributed by atoms with E-state index in [9.17, 15) is 0 Å². The molecule has 0 radical (unpaired) electrons. The van der Waals surface area contributed by atoms with Gasteiger partial charge in [-0.2, -0.15) is 0 Å². The number of rotatable bonds is 8. The Morgan fingerprint density at radius 3 is 1.41 bits per heavy atom. The highest BCUT2D eigenvalue weighted by atomic mass is 16.5. The lowest BCUT2D eigenvalue weighted by molar-refractivity contribution is 0.146. The maximum atomic E-state index is 5.91. The Morgan fingerprint density at radius 1 is 0.636 bits per heavy atom. The number of ether oxygens (including phenoxy) is 4. The summed E-state index contributed by atoms with van der Waals surface area (Å²) in [6.45, 7) is 6.30. The SMILES string of the molecule is COCCOc1c(C)ccc2c(OCCOC)c(C)ccc12. The van der Waals surface area contributed by atoms with Crippen molar-refractivity contribution in [3.63, 3.8) is 0 Å². The van der Waals surface area contributed by atoms with Crippen molar-refractivity contribution in [3.05, 3.63) is 35.4 Å². The third kappa shape index (κ3) is 3.70. The number of aryl methyl sites for hydroxylation is 2. The zero-order chi connectivity index (χ0) is 15.9. The molecule has 4 heteroatoms. The normalized spacial score (nSPS) is 10.9. The molecule has 0 unspecified atom stereocenters. The fourth-order valence-corrected chi connectivity index (χ4v) is 2.41. The van der Waals surface area contributed by atoms with Gasteiger partial charge in [-0.25, -0.2) is 0 Å². The van der Waals surface area contributed by atoms with Gasteiger partial charge in [0.05, 0.1) is 13.2 Å². The van der Waals surface area contributed by atoms with E-state index in [1.54, 1.807) is 14.2 Å². The molecule has 2 aromatic rings. The van der Waals surface area contributed by atoms with E-state index in [2.05, 4.69) is 24.3 Å². The van der Waals surface area contributed by atoms with Crippen LogP contribution in [0.1, 0.15) is 11.1 Å². The molecule has 0 heterocycles. The van der Waals surface area contributed by atoms with Crippen molar-refractivity contribution < 1.29 is 18.9 Å². The number of benzene rings is 2. The molecule has 0 aliphatic carbocycles. The highest BCUT2D eigenvalue weighted by Crippen LogP contribution is 2.36. The van der Waals surface area contributed by atoms with Crippen LogP contribution in [0.15, 0.2) is 24.3 Å². The van der Waals surface area contributed by atoms with Crippen LogP contribution in [0.4, 0.5) is 0 Å². The Morgan fingerprint density at radius 2 is 1.05 bits per heavy atom. The molecule has 0 N–H and O–H groups in total. The standard InChI is InChI=1S/C18H24O4/c1-13-5-7-16-15(17(13)21-11-9-19-3)8-6-14(2)18(16)22-12-10-20-4/h5-8H,9-12H2,1-4H3. The maximum absolute atomic E-state index is 5.91. The van der Waals surface area contributed by atoms with Crippen LogP contribution >= 0.6 is 0 Å². The second-order valence-corrected chi connectivity index (χ2v) is 5.20. The zero-order valence-electron chi connectivity index (χ0n) is 13.8. The van der Waals surface area contributed by atoms with E-state index >= 15 is 0 Å². The van der Waals surface area contributed by atoms with Crippen LogP contribution in [0.2, 0.25) is 0 Å². The largest absolute Gasteiger partial charge is 0.490 e. The Kier molecular flexibility index (Phi) is 6.04. The van der Waals surface area contributed by atoms with E-state index in [-0.39, 0.29) is 0 Å². The van der Waals surface area contributed by atoms with Crippen molar-refractivity contribution in [2.45, 2.75) is 13.8 Å². The van der Waals surface area contributed by atoms with Gasteiger partial charge in [0.1, 0.15) is 24.7 Å². The van der Waals surface area contributed by atoms with Crippen LogP contribution in [-0.4, -0.2) is 40.6 Å². The van der Waals surface area contributed by atoms with Gasteiger partial charge < -0.3 is 18.9 Å². The zero-order valence-corrected chi connectivity index (χ0v) is 13.8. The van der Waals surface area contributed by atoms with Crippen LogP contribution in [0.25, 0.3) is 10.8 Å². The summed E-state index contributed by atoms with van der Waals surface area (Å²) >= 11 is 0. The van der Waals surface area contributed by atoms with Crippen molar-refractivity contribution in [2.75, 3.05) is 40.6 Å². The van der Waals surface area contributed by atoms with Gasteiger partial charge in [0.2, 0.25) is 0 Å². The number of hydrogen-bond acceptors (Lipinski definition) is 4. The molecule has 4 nitrogen and oxygen atoms in total. The lowest BCUT2D eigenvalue weighted by atomic mass is 10.0. The van der Waals surface area contributed by atoms with Gasteiger partial charge in [-0.05, 0) is 25.0 Å². The van der Waals surface area contributed by atoms with Crippen molar-refractivity contribution in [1.82, 2.24) is 0 Å². The molecule has 0 aromatic heterocycles. The van der Waals surface area contributed by atoms with Gasteiger partial charge in [-0.15, -0.1) is 0 Å². The Bertz CT molecular complexity index is 567. The van der Waals surface area contributed by atoms with E-state index < -0.39 is 0 Å². The van der Waals surface area contributed by atoms with E-state index in [4.69, 9.17) is 18.9 Å².